The van der Waals surface area contributed by atoms with E-state index in [4.69, 9.17) is 5.73 Å². The standard InChI is InChI=1S/C37H50FN3O2/c1-32(2)13-15-37(31(42)43)16-14-36(7)28(25(37)20-32)23(21-9-8-10-22(38)17-21)18-27-34(5)19-24-29(40-41-30(24)39)33(3,4)26(34)11-12-35(27,36)6/h8-10,17,25-27H,11-16,18-20H2,1-7H3,(H,42,43)(H3,39,40,41)/t25-,26-,27?,34-,35+,36+,37-/m0/s1. The SMILES string of the molecule is CC1(C)CC[C@]2(C(=O)O)CC[C@]3(C)C(=C(c4cccc(F)c4)CC4[C@@]5(C)Cc6c(N)n[nH]c6C(C)(C)[C@@H]5CC[C@]43C)[C@@H]2C1. The Bertz CT molecular complexity index is 1550. The lowest BCUT2D eigenvalue weighted by atomic mass is 9.33. The smallest absolute Gasteiger partial charge is 0.310 e. The van der Waals surface area contributed by atoms with E-state index in [0.29, 0.717) is 30.5 Å². The van der Waals surface area contributed by atoms with E-state index in [0.717, 1.165) is 50.5 Å². The van der Waals surface area contributed by atoms with Gasteiger partial charge in [0.15, 0.2) is 0 Å². The zero-order chi connectivity index (χ0) is 31.0. The van der Waals surface area contributed by atoms with E-state index in [9.17, 15) is 14.3 Å². The molecule has 3 fully saturated rings. The number of carbonyl (C=O) groups is 1. The van der Waals surface area contributed by atoms with Crippen molar-refractivity contribution in [3.05, 3.63) is 52.5 Å². The molecule has 1 aromatic carbocycles. The zero-order valence-electron chi connectivity index (χ0n) is 27.2. The minimum atomic E-state index is -0.750. The average molecular weight is 588 g/mol. The molecular formula is C37H50FN3O2. The predicted octanol–water partition coefficient (Wildman–Crippen LogP) is 8.56. The summed E-state index contributed by atoms with van der Waals surface area (Å²) in [5, 5.41) is 18.7. The third-order valence-corrected chi connectivity index (χ3v) is 14.6. The second kappa shape index (κ2) is 8.75. The zero-order valence-corrected chi connectivity index (χ0v) is 27.2. The number of allylic oxidation sites excluding steroid dienone is 2. The lowest BCUT2D eigenvalue weighted by Gasteiger charge is -2.71. The molecule has 43 heavy (non-hydrogen) atoms. The van der Waals surface area contributed by atoms with Gasteiger partial charge >= 0.3 is 5.97 Å². The maximum absolute atomic E-state index is 15.0. The van der Waals surface area contributed by atoms with Gasteiger partial charge in [0.25, 0.3) is 0 Å². The molecule has 0 radical (unpaired) electrons. The van der Waals surface area contributed by atoms with Crippen LogP contribution in [0.3, 0.4) is 0 Å². The molecule has 0 bridgehead atoms. The fourth-order valence-corrected chi connectivity index (χ4v) is 12.1. The minimum Gasteiger partial charge on any atom is -0.481 e. The van der Waals surface area contributed by atoms with Gasteiger partial charge in [-0.25, -0.2) is 4.39 Å². The molecule has 0 saturated heterocycles. The molecule has 4 N–H and O–H groups in total. The highest BCUT2D eigenvalue weighted by atomic mass is 19.1. The van der Waals surface area contributed by atoms with Crippen molar-refractivity contribution in [2.75, 3.05) is 5.73 Å². The molecule has 5 aliphatic rings. The van der Waals surface area contributed by atoms with Crippen LogP contribution >= 0.6 is 0 Å². The van der Waals surface area contributed by atoms with Crippen molar-refractivity contribution >= 4 is 17.4 Å². The lowest BCUT2D eigenvalue weighted by Crippen LogP contribution is -2.65. The fraction of sp³-hybridized carbons (Fsp3) is 0.676. The number of carboxylic acids is 1. The molecule has 1 aromatic heterocycles. The van der Waals surface area contributed by atoms with Crippen molar-refractivity contribution < 1.29 is 14.3 Å². The first-order valence-corrected chi connectivity index (χ1v) is 16.6. The van der Waals surface area contributed by atoms with E-state index in [1.54, 1.807) is 6.07 Å². The van der Waals surface area contributed by atoms with Crippen LogP contribution in [0.2, 0.25) is 0 Å². The first-order chi connectivity index (χ1) is 20.0. The molecule has 0 spiro atoms. The molecule has 5 nitrogen and oxygen atoms in total. The predicted molar refractivity (Wildman–Crippen MR) is 169 cm³/mol. The second-order valence-corrected chi connectivity index (χ2v) is 17.2. The molecule has 7 rings (SSSR count). The Morgan fingerprint density at radius 1 is 1.02 bits per heavy atom. The number of halogens is 1. The summed E-state index contributed by atoms with van der Waals surface area (Å²) < 4.78 is 15.0. The molecule has 0 aliphatic heterocycles. The maximum atomic E-state index is 15.0. The highest BCUT2D eigenvalue weighted by Crippen LogP contribution is 2.77. The highest BCUT2D eigenvalue weighted by molar-refractivity contribution is 5.80. The van der Waals surface area contributed by atoms with Crippen molar-refractivity contribution in [2.24, 2.45) is 44.8 Å². The van der Waals surface area contributed by atoms with Crippen molar-refractivity contribution in [3.63, 3.8) is 0 Å². The molecule has 3 saturated carbocycles. The Morgan fingerprint density at radius 2 is 1.74 bits per heavy atom. The molecule has 2 aromatic rings. The van der Waals surface area contributed by atoms with Gasteiger partial charge < -0.3 is 10.8 Å². The van der Waals surface area contributed by atoms with Crippen LogP contribution in [0.25, 0.3) is 5.57 Å². The number of anilines is 1. The van der Waals surface area contributed by atoms with Crippen LogP contribution < -0.4 is 5.73 Å². The van der Waals surface area contributed by atoms with E-state index in [1.807, 2.05) is 6.07 Å². The van der Waals surface area contributed by atoms with E-state index in [1.165, 1.54) is 28.5 Å². The van der Waals surface area contributed by atoms with Crippen molar-refractivity contribution in [2.45, 2.75) is 112 Å². The van der Waals surface area contributed by atoms with Gasteiger partial charge in [-0.2, -0.15) is 5.10 Å². The molecule has 6 heteroatoms. The summed E-state index contributed by atoms with van der Waals surface area (Å²) in [6, 6.07) is 7.13. The number of hydrogen-bond acceptors (Lipinski definition) is 3. The van der Waals surface area contributed by atoms with Crippen molar-refractivity contribution in [1.82, 2.24) is 10.2 Å². The van der Waals surface area contributed by atoms with Gasteiger partial charge in [-0.05, 0) is 120 Å². The Hall–Kier alpha value is -2.63. The van der Waals surface area contributed by atoms with Crippen molar-refractivity contribution in [3.8, 4) is 0 Å². The summed E-state index contributed by atoms with van der Waals surface area (Å²) in [6.45, 7) is 16.8. The number of nitrogen functional groups attached to an aromatic ring is 1. The largest absolute Gasteiger partial charge is 0.481 e. The minimum absolute atomic E-state index is 0.0251. The molecule has 5 aliphatic carbocycles. The van der Waals surface area contributed by atoms with Gasteiger partial charge in [0.05, 0.1) is 5.41 Å². The van der Waals surface area contributed by atoms with E-state index < -0.39 is 11.4 Å². The number of fused-ring (bicyclic) bond motifs is 8. The number of aromatic nitrogens is 2. The third-order valence-electron chi connectivity index (χ3n) is 14.6. The number of nitrogens with two attached hydrogens (primary N) is 1. The maximum Gasteiger partial charge on any atom is 0.310 e. The molecular weight excluding hydrogens is 537 g/mol. The van der Waals surface area contributed by atoms with Crippen LogP contribution in [-0.2, 0) is 16.6 Å². The Labute approximate surface area is 256 Å². The van der Waals surface area contributed by atoms with Gasteiger partial charge in [0, 0.05) is 16.7 Å². The van der Waals surface area contributed by atoms with Gasteiger partial charge in [-0.3, -0.25) is 9.89 Å². The van der Waals surface area contributed by atoms with Crippen molar-refractivity contribution in [1.29, 1.82) is 0 Å². The summed E-state index contributed by atoms with van der Waals surface area (Å²) >= 11 is 0. The van der Waals surface area contributed by atoms with Gasteiger partial charge in [0.2, 0.25) is 0 Å². The number of benzene rings is 1. The summed E-state index contributed by atoms with van der Waals surface area (Å²) in [7, 11) is 0. The number of carboxylic acid groups (broad SMARTS) is 1. The summed E-state index contributed by atoms with van der Waals surface area (Å²) in [4.78, 5) is 13.3. The Morgan fingerprint density at radius 3 is 2.44 bits per heavy atom. The summed E-state index contributed by atoms with van der Waals surface area (Å²) in [5.41, 5.74) is 11.4. The van der Waals surface area contributed by atoms with Crippen LogP contribution in [-0.4, -0.2) is 21.3 Å². The van der Waals surface area contributed by atoms with Crippen LogP contribution in [0.5, 0.6) is 0 Å². The highest BCUT2D eigenvalue weighted by Gasteiger charge is 2.70. The number of nitrogens with zero attached hydrogens (tertiary/aromatic N) is 1. The number of aliphatic carboxylic acids is 1. The fourth-order valence-electron chi connectivity index (χ4n) is 12.1. The quantitative estimate of drug-likeness (QED) is 0.328. The van der Waals surface area contributed by atoms with Gasteiger partial charge in [-0.15, -0.1) is 0 Å². The molecule has 232 valence electrons. The number of aromatic amines is 1. The lowest BCUT2D eigenvalue weighted by molar-refractivity contribution is -0.175. The molecule has 7 atom stereocenters. The normalized spacial score (nSPS) is 40.9. The molecule has 1 heterocycles. The van der Waals surface area contributed by atoms with E-state index in [2.05, 4.69) is 64.7 Å². The average Bonchev–Trinajstić information content (AvgIpc) is 3.28. The number of H-pyrrole nitrogens is 1. The number of hydrogen-bond donors (Lipinski definition) is 3. The monoisotopic (exact) mass is 587 g/mol. The number of rotatable bonds is 2. The first kappa shape index (κ1) is 29.1. The molecule has 0 amide bonds. The topological polar surface area (TPSA) is 92.0 Å². The van der Waals surface area contributed by atoms with Crippen LogP contribution in [0.4, 0.5) is 10.2 Å². The van der Waals surface area contributed by atoms with Gasteiger partial charge in [-0.1, -0.05) is 66.2 Å². The Kier molecular flexibility index (Phi) is 5.92. The Balaban J connectivity index is 1.49. The van der Waals surface area contributed by atoms with Gasteiger partial charge in [0.1, 0.15) is 11.6 Å². The number of nitrogens with one attached hydrogen (secondary N) is 1. The molecule has 1 unspecified atom stereocenters. The van der Waals surface area contributed by atoms with Crippen LogP contribution in [0.1, 0.15) is 117 Å². The first-order valence-electron chi connectivity index (χ1n) is 16.6. The summed E-state index contributed by atoms with van der Waals surface area (Å²) in [6.07, 6.45) is 8.04. The summed E-state index contributed by atoms with van der Waals surface area (Å²) in [5.74, 6) is 0.481. The van der Waals surface area contributed by atoms with E-state index in [-0.39, 0.29) is 38.8 Å². The van der Waals surface area contributed by atoms with Crippen LogP contribution in [0.15, 0.2) is 29.8 Å². The van der Waals surface area contributed by atoms with E-state index >= 15 is 0 Å². The van der Waals surface area contributed by atoms with Crippen LogP contribution in [0, 0.1) is 50.6 Å². The second-order valence-electron chi connectivity index (χ2n) is 17.2. The third kappa shape index (κ3) is 3.61.